The first kappa shape index (κ1) is 30.6. The molecule has 0 radical (unpaired) electrons. The summed E-state index contributed by atoms with van der Waals surface area (Å²) in [5.41, 5.74) is 0.955. The first-order chi connectivity index (χ1) is 17.3. The quantitative estimate of drug-likeness (QED) is 0.591. The summed E-state index contributed by atoms with van der Waals surface area (Å²) in [7, 11) is -3.87. The van der Waals surface area contributed by atoms with Gasteiger partial charge >= 0.3 is 0 Å². The molecule has 1 amide bonds. The maximum absolute atomic E-state index is 13.5. The van der Waals surface area contributed by atoms with Crippen LogP contribution in [-0.2, 0) is 38.5 Å². The summed E-state index contributed by atoms with van der Waals surface area (Å²) in [5.74, 6) is -0.198. The maximum atomic E-state index is 13.5. The van der Waals surface area contributed by atoms with Crippen LogP contribution in [0.25, 0.3) is 0 Å². The second kappa shape index (κ2) is 17.0. The Morgan fingerprint density at radius 1 is 0.806 bits per heavy atom. The van der Waals surface area contributed by atoms with E-state index in [1.165, 1.54) is 0 Å². The minimum absolute atomic E-state index is 0.103. The lowest BCUT2D eigenvalue weighted by molar-refractivity contribution is -0.135. The molecule has 1 N–H and O–H groups in total. The molecule has 1 aromatic carbocycles. The fourth-order valence-electron chi connectivity index (χ4n) is 3.53. The number of sulfonamides is 1. The van der Waals surface area contributed by atoms with Crippen molar-refractivity contribution in [3.63, 3.8) is 0 Å². The molecule has 206 valence electrons. The van der Waals surface area contributed by atoms with Crippen molar-refractivity contribution >= 4 is 15.9 Å². The zero-order valence-corrected chi connectivity index (χ0v) is 22.6. The Morgan fingerprint density at radius 2 is 1.22 bits per heavy atom. The van der Waals surface area contributed by atoms with Crippen molar-refractivity contribution < 1.29 is 36.9 Å². The second-order valence-electron chi connectivity index (χ2n) is 9.00. The van der Waals surface area contributed by atoms with Crippen LogP contribution in [0.1, 0.15) is 25.8 Å². The van der Waals surface area contributed by atoms with Gasteiger partial charge in [0.15, 0.2) is 0 Å². The molecule has 1 aliphatic heterocycles. The normalized spacial score (nSPS) is 19.4. The third-order valence-corrected chi connectivity index (χ3v) is 6.93. The lowest BCUT2D eigenvalue weighted by atomic mass is 10.0. The van der Waals surface area contributed by atoms with E-state index in [0.29, 0.717) is 85.6 Å². The number of nitrogens with one attached hydrogen (secondary N) is 1. The van der Waals surface area contributed by atoms with Gasteiger partial charge in [0.2, 0.25) is 15.9 Å². The van der Waals surface area contributed by atoms with Gasteiger partial charge in [-0.25, -0.2) is 8.42 Å². The molecule has 0 bridgehead atoms. The molecular formula is C25H42N2O8S. The Hall–Kier alpha value is -1.60. The van der Waals surface area contributed by atoms with Crippen LogP contribution in [0.3, 0.4) is 0 Å². The van der Waals surface area contributed by atoms with Crippen LogP contribution in [0.2, 0.25) is 0 Å². The van der Waals surface area contributed by atoms with Crippen LogP contribution in [0.4, 0.5) is 0 Å². The van der Waals surface area contributed by atoms with E-state index in [1.807, 2.05) is 20.8 Å². The Kier molecular flexibility index (Phi) is 14.5. The number of hydrogen-bond donors (Lipinski definition) is 1. The predicted molar refractivity (Wildman–Crippen MR) is 135 cm³/mol. The summed E-state index contributed by atoms with van der Waals surface area (Å²) in [6, 6.07) is 5.66. The largest absolute Gasteiger partial charge is 0.377 e. The number of amides is 1. The molecule has 1 saturated heterocycles. The highest BCUT2D eigenvalue weighted by atomic mass is 32.2. The molecule has 0 aliphatic carbocycles. The van der Waals surface area contributed by atoms with Crippen molar-refractivity contribution in [3.8, 4) is 0 Å². The summed E-state index contributed by atoms with van der Waals surface area (Å²) in [6.07, 6.45) is 0.367. The Bertz CT molecular complexity index is 830. The van der Waals surface area contributed by atoms with Crippen LogP contribution in [0.15, 0.2) is 29.2 Å². The van der Waals surface area contributed by atoms with E-state index in [1.54, 1.807) is 29.2 Å². The van der Waals surface area contributed by atoms with E-state index < -0.39 is 16.1 Å². The van der Waals surface area contributed by atoms with Gasteiger partial charge in [-0.1, -0.05) is 31.5 Å². The van der Waals surface area contributed by atoms with Crippen molar-refractivity contribution in [1.29, 1.82) is 0 Å². The van der Waals surface area contributed by atoms with Crippen LogP contribution in [-0.4, -0.2) is 104 Å². The number of benzene rings is 1. The van der Waals surface area contributed by atoms with Gasteiger partial charge in [0.1, 0.15) is 6.04 Å². The zero-order valence-electron chi connectivity index (χ0n) is 21.8. The molecule has 11 heteroatoms. The van der Waals surface area contributed by atoms with Crippen molar-refractivity contribution in [2.75, 3.05) is 79.2 Å². The average molecular weight is 531 g/mol. The zero-order chi connectivity index (χ0) is 26.2. The van der Waals surface area contributed by atoms with E-state index in [2.05, 4.69) is 4.72 Å². The monoisotopic (exact) mass is 530 g/mol. The van der Waals surface area contributed by atoms with Crippen molar-refractivity contribution in [2.45, 2.75) is 38.1 Å². The Balaban J connectivity index is 2.06. The topological polar surface area (TPSA) is 113 Å². The third-order valence-electron chi connectivity index (χ3n) is 5.44. The van der Waals surface area contributed by atoms with Gasteiger partial charge in [0, 0.05) is 13.1 Å². The Morgan fingerprint density at radius 3 is 1.64 bits per heavy atom. The highest BCUT2D eigenvalue weighted by Gasteiger charge is 2.30. The standard InChI is InChI=1S/C25H42N2O8S/c1-21(2)20-24(26-36(29,30)23-6-4-22(3)5-7-23)25(28)27-8-10-31-12-14-33-16-18-35-19-17-34-15-13-32-11-9-27/h4-7,21,24,26H,8-20H2,1-3H3. The molecule has 2 rings (SSSR count). The summed E-state index contributed by atoms with van der Waals surface area (Å²) in [6.45, 7) is 10.5. The van der Waals surface area contributed by atoms with Crippen LogP contribution < -0.4 is 4.72 Å². The molecule has 0 saturated carbocycles. The van der Waals surface area contributed by atoms with Gasteiger partial charge in [-0.3, -0.25) is 4.79 Å². The molecular weight excluding hydrogens is 488 g/mol. The van der Waals surface area contributed by atoms with Crippen molar-refractivity contribution in [2.24, 2.45) is 5.92 Å². The first-order valence-electron chi connectivity index (χ1n) is 12.6. The fourth-order valence-corrected chi connectivity index (χ4v) is 4.73. The summed E-state index contributed by atoms with van der Waals surface area (Å²) >= 11 is 0. The number of aryl methyl sites for hydroxylation is 1. The third kappa shape index (κ3) is 12.1. The van der Waals surface area contributed by atoms with Gasteiger partial charge in [-0.05, 0) is 31.4 Å². The number of hydrogen-bond acceptors (Lipinski definition) is 8. The molecule has 1 atom stereocenters. The fraction of sp³-hybridized carbons (Fsp3) is 0.720. The molecule has 1 heterocycles. The molecule has 0 aromatic heterocycles. The van der Waals surface area contributed by atoms with Gasteiger partial charge in [0.25, 0.3) is 0 Å². The van der Waals surface area contributed by atoms with Gasteiger partial charge < -0.3 is 28.6 Å². The predicted octanol–water partition coefficient (Wildman–Crippen LogP) is 1.61. The maximum Gasteiger partial charge on any atom is 0.241 e. The smallest absolute Gasteiger partial charge is 0.241 e. The number of rotatable bonds is 6. The first-order valence-corrected chi connectivity index (χ1v) is 14.0. The summed E-state index contributed by atoms with van der Waals surface area (Å²) in [5, 5.41) is 0. The number of carbonyl (C=O) groups excluding carboxylic acids is 1. The molecule has 1 aromatic rings. The lowest BCUT2D eigenvalue weighted by Crippen LogP contribution is -2.50. The van der Waals surface area contributed by atoms with Crippen LogP contribution in [0.5, 0.6) is 0 Å². The van der Waals surface area contributed by atoms with E-state index in [9.17, 15) is 13.2 Å². The molecule has 1 aliphatic rings. The second-order valence-corrected chi connectivity index (χ2v) is 10.7. The number of nitrogens with zero attached hydrogens (tertiary/aromatic N) is 1. The minimum atomic E-state index is -3.87. The number of ether oxygens (including phenoxy) is 5. The molecule has 1 fully saturated rings. The van der Waals surface area contributed by atoms with Gasteiger partial charge in [-0.15, -0.1) is 0 Å². The van der Waals surface area contributed by atoms with E-state index in [4.69, 9.17) is 23.7 Å². The van der Waals surface area contributed by atoms with E-state index in [-0.39, 0.29) is 16.7 Å². The van der Waals surface area contributed by atoms with Crippen LogP contribution in [0, 0.1) is 12.8 Å². The van der Waals surface area contributed by atoms with Gasteiger partial charge in [-0.2, -0.15) is 4.72 Å². The average Bonchev–Trinajstić information content (AvgIpc) is 2.83. The van der Waals surface area contributed by atoms with Crippen LogP contribution >= 0.6 is 0 Å². The van der Waals surface area contributed by atoms with Crippen molar-refractivity contribution in [1.82, 2.24) is 9.62 Å². The summed E-state index contributed by atoms with van der Waals surface area (Å²) < 4.78 is 56.4. The highest BCUT2D eigenvalue weighted by Crippen LogP contribution is 2.15. The lowest BCUT2D eigenvalue weighted by Gasteiger charge is -2.29. The van der Waals surface area contributed by atoms with E-state index in [0.717, 1.165) is 5.56 Å². The molecule has 1 unspecified atom stereocenters. The van der Waals surface area contributed by atoms with Crippen molar-refractivity contribution in [3.05, 3.63) is 29.8 Å². The molecule has 10 nitrogen and oxygen atoms in total. The SMILES string of the molecule is Cc1ccc(S(=O)(=O)NC(CC(C)C)C(=O)N2CCOCCOCCOCCOCCOCC2)cc1. The van der Waals surface area contributed by atoms with E-state index >= 15 is 0 Å². The number of carbonyl (C=O) groups is 1. The summed E-state index contributed by atoms with van der Waals surface area (Å²) in [4.78, 5) is 15.3. The molecule has 0 spiro atoms. The highest BCUT2D eigenvalue weighted by molar-refractivity contribution is 7.89. The minimum Gasteiger partial charge on any atom is -0.377 e. The molecule has 36 heavy (non-hydrogen) atoms. The Labute approximate surface area is 215 Å². The van der Waals surface area contributed by atoms with Gasteiger partial charge in [0.05, 0.1) is 71.0 Å².